The number of amides is 2. The van der Waals surface area contributed by atoms with E-state index < -0.39 is 84.6 Å². The van der Waals surface area contributed by atoms with E-state index in [4.69, 9.17) is 19.5 Å². The minimum atomic E-state index is -5.58. The van der Waals surface area contributed by atoms with Crippen LogP contribution >= 0.6 is 35.2 Å². The molecule has 1 aliphatic rings. The summed E-state index contributed by atoms with van der Waals surface area (Å²) in [5.41, 5.74) is 4.22. The van der Waals surface area contributed by atoms with Gasteiger partial charge in [-0.05, 0) is 6.92 Å². The molecule has 54 heavy (non-hydrogen) atoms. The zero-order valence-corrected chi connectivity index (χ0v) is 32.2. The first-order valence-electron chi connectivity index (χ1n) is 15.5. The molecule has 3 rings (SSSR count). The molecular weight excluding hydrogens is 811 g/mol. The number of nitrogens with zero attached hydrogens (tertiary/aromatic N) is 4. The topological polar surface area (TPSA) is 381 Å². The number of thioether (sulfide) groups is 1. The number of nitrogens with two attached hydrogens (primary N) is 1. The smallest absolute Gasteiger partial charge is 0.386 e. The average Bonchev–Trinajstić information content (AvgIpc) is 3.60. The van der Waals surface area contributed by atoms with Gasteiger partial charge in [-0.1, -0.05) is 25.6 Å². The van der Waals surface area contributed by atoms with Gasteiger partial charge in [-0.15, -0.1) is 0 Å². The molecule has 304 valence electrons. The Kier molecular flexibility index (Phi) is 16.0. The van der Waals surface area contributed by atoms with Crippen molar-refractivity contribution in [2.75, 3.05) is 37.8 Å². The van der Waals surface area contributed by atoms with E-state index in [9.17, 15) is 62.7 Å². The quantitative estimate of drug-likeness (QED) is 0.0398. The number of carbonyl (C=O) groups is 4. The monoisotopic (exact) mass is 851 g/mol. The first-order valence-corrected chi connectivity index (χ1v) is 21.0. The van der Waals surface area contributed by atoms with Crippen LogP contribution in [0.5, 0.6) is 0 Å². The van der Waals surface area contributed by atoms with Crippen molar-refractivity contribution in [3.05, 3.63) is 12.7 Å². The van der Waals surface area contributed by atoms with Crippen molar-refractivity contribution < 1.29 is 85.3 Å². The summed E-state index contributed by atoms with van der Waals surface area (Å²) < 4.78 is 61.9. The highest BCUT2D eigenvalue weighted by Gasteiger charge is 2.50. The van der Waals surface area contributed by atoms with E-state index in [0.29, 0.717) is 0 Å². The van der Waals surface area contributed by atoms with Gasteiger partial charge in [0, 0.05) is 30.7 Å². The molecule has 1 aliphatic heterocycles. The molecule has 0 radical (unpaired) electrons. The number of aromatic nitrogens is 4. The SMILES string of the molecule is CC(=O)CC(=O)SCCNC(=O)CCNC(=O)[C@@H](O)C(C)(C)COP(=O)(O)OP(=O)(O)OC[C@@H]1O[C@H](n2cnc3c(N)ncnc32)C(O)C1OP(=O)(O)O. The Hall–Kier alpha value is -2.77. The van der Waals surface area contributed by atoms with Crippen molar-refractivity contribution in [2.45, 2.75) is 64.3 Å². The summed E-state index contributed by atoms with van der Waals surface area (Å²) in [6.07, 6.45) is -7.24. The van der Waals surface area contributed by atoms with Crippen LogP contribution in [-0.4, -0.2) is 128 Å². The number of carbonyl (C=O) groups excluding carboxylic acids is 4. The fraction of sp³-hybridized carbons (Fsp3) is 0.640. The van der Waals surface area contributed by atoms with Gasteiger partial charge in [-0.2, -0.15) is 4.31 Å². The third-order valence-corrected chi connectivity index (χ3v) is 11.1. The predicted molar refractivity (Wildman–Crippen MR) is 182 cm³/mol. The molecule has 3 heterocycles. The van der Waals surface area contributed by atoms with Gasteiger partial charge in [-0.3, -0.25) is 37.3 Å². The van der Waals surface area contributed by atoms with Crippen LogP contribution in [0.25, 0.3) is 11.2 Å². The van der Waals surface area contributed by atoms with Gasteiger partial charge >= 0.3 is 23.5 Å². The minimum absolute atomic E-state index is 0.0240. The van der Waals surface area contributed by atoms with Crippen molar-refractivity contribution in [3.8, 4) is 0 Å². The van der Waals surface area contributed by atoms with Gasteiger partial charge in [0.2, 0.25) is 11.8 Å². The van der Waals surface area contributed by atoms with Crippen LogP contribution in [0, 0.1) is 5.41 Å². The van der Waals surface area contributed by atoms with Crippen LogP contribution in [0.2, 0.25) is 0 Å². The summed E-state index contributed by atoms with van der Waals surface area (Å²) in [5, 5.41) is 25.8. The summed E-state index contributed by atoms with van der Waals surface area (Å²) in [6.45, 7) is 1.58. The maximum atomic E-state index is 12.6. The lowest BCUT2D eigenvalue weighted by Gasteiger charge is -2.30. The minimum Gasteiger partial charge on any atom is -0.386 e. The van der Waals surface area contributed by atoms with E-state index in [1.807, 2.05) is 0 Å². The number of fused-ring (bicyclic) bond motifs is 1. The van der Waals surface area contributed by atoms with E-state index in [2.05, 4.69) is 34.4 Å². The summed E-state index contributed by atoms with van der Waals surface area (Å²) >= 11 is 0.878. The summed E-state index contributed by atoms with van der Waals surface area (Å²) in [6, 6.07) is 0. The van der Waals surface area contributed by atoms with Gasteiger partial charge in [-0.25, -0.2) is 28.6 Å². The van der Waals surface area contributed by atoms with Crippen LogP contribution in [0.15, 0.2) is 12.7 Å². The Labute approximate surface area is 310 Å². The molecule has 4 unspecified atom stereocenters. The number of ether oxygens (including phenoxy) is 1. The van der Waals surface area contributed by atoms with E-state index >= 15 is 0 Å². The summed E-state index contributed by atoms with van der Waals surface area (Å²) in [4.78, 5) is 97.7. The molecule has 0 aliphatic carbocycles. The Morgan fingerprint density at radius 1 is 1.06 bits per heavy atom. The van der Waals surface area contributed by atoms with Crippen LogP contribution in [0.3, 0.4) is 0 Å². The summed E-state index contributed by atoms with van der Waals surface area (Å²) in [5.74, 6) is -1.61. The number of nitrogen functional groups attached to an aromatic ring is 1. The number of rotatable bonds is 21. The number of Topliss-reactive ketones (excluding diaryl/α,β-unsaturated/α-hetero) is 1. The second-order valence-corrected chi connectivity index (χ2v) is 17.6. The van der Waals surface area contributed by atoms with Crippen LogP contribution in [0.4, 0.5) is 5.82 Å². The highest BCUT2D eigenvalue weighted by molar-refractivity contribution is 8.13. The molecule has 1 saturated heterocycles. The Balaban J connectivity index is 1.51. The largest absolute Gasteiger partial charge is 0.481 e. The number of aliphatic hydroxyl groups is 2. The molecule has 0 bridgehead atoms. The van der Waals surface area contributed by atoms with Gasteiger partial charge in [0.05, 0.1) is 26.0 Å². The van der Waals surface area contributed by atoms with Crippen LogP contribution < -0.4 is 16.4 Å². The fourth-order valence-corrected chi connectivity index (χ4v) is 8.12. The van der Waals surface area contributed by atoms with E-state index in [-0.39, 0.29) is 59.6 Å². The first-order chi connectivity index (χ1) is 24.9. The molecule has 0 saturated carbocycles. The highest BCUT2D eigenvalue weighted by atomic mass is 32.2. The van der Waals surface area contributed by atoms with Crippen molar-refractivity contribution in [1.82, 2.24) is 30.2 Å². The Bertz CT molecular complexity index is 1830. The van der Waals surface area contributed by atoms with Crippen molar-refractivity contribution in [3.63, 3.8) is 0 Å². The molecule has 7 atom stereocenters. The van der Waals surface area contributed by atoms with Crippen molar-refractivity contribution in [2.24, 2.45) is 5.41 Å². The molecule has 0 aromatic carbocycles. The number of nitrogens with one attached hydrogen (secondary N) is 2. The maximum absolute atomic E-state index is 12.6. The number of hydrogen-bond donors (Lipinski definition) is 9. The molecular formula is C25H40N7O18P3S. The predicted octanol–water partition coefficient (Wildman–Crippen LogP) is -1.36. The number of phosphoric ester groups is 3. The zero-order chi connectivity index (χ0) is 40.6. The number of aliphatic hydroxyl groups excluding tert-OH is 2. The van der Waals surface area contributed by atoms with E-state index in [1.165, 1.54) is 20.8 Å². The van der Waals surface area contributed by atoms with Gasteiger partial charge in [0.25, 0.3) is 0 Å². The summed E-state index contributed by atoms with van der Waals surface area (Å²) in [7, 11) is -16.4. The molecule has 2 aromatic heterocycles. The van der Waals surface area contributed by atoms with Crippen LogP contribution in [-0.2, 0) is 55.5 Å². The van der Waals surface area contributed by atoms with E-state index in [1.54, 1.807) is 0 Å². The Morgan fingerprint density at radius 2 is 1.72 bits per heavy atom. The molecule has 2 amide bonds. The second kappa shape index (κ2) is 18.9. The molecule has 29 heteroatoms. The lowest BCUT2D eigenvalue weighted by Crippen LogP contribution is -2.46. The molecule has 10 N–H and O–H groups in total. The highest BCUT2D eigenvalue weighted by Crippen LogP contribution is 2.61. The first kappa shape index (κ1) is 45.6. The van der Waals surface area contributed by atoms with Crippen molar-refractivity contribution in [1.29, 1.82) is 0 Å². The number of ketones is 1. The third kappa shape index (κ3) is 13.8. The average molecular weight is 852 g/mol. The van der Waals surface area contributed by atoms with E-state index in [0.717, 1.165) is 29.0 Å². The molecule has 2 aromatic rings. The van der Waals surface area contributed by atoms with Gasteiger partial charge in [0.1, 0.15) is 42.0 Å². The number of phosphoric acid groups is 3. The lowest BCUT2D eigenvalue weighted by molar-refractivity contribution is -0.137. The third-order valence-electron chi connectivity index (χ3n) is 7.16. The fourth-order valence-electron chi connectivity index (χ4n) is 4.55. The zero-order valence-electron chi connectivity index (χ0n) is 28.7. The second-order valence-electron chi connectivity index (χ2n) is 12.2. The normalized spacial score (nSPS) is 21.9. The lowest BCUT2D eigenvalue weighted by atomic mass is 9.87. The van der Waals surface area contributed by atoms with Gasteiger partial charge in [0.15, 0.2) is 22.8 Å². The molecule has 1 fully saturated rings. The Morgan fingerprint density at radius 3 is 2.37 bits per heavy atom. The van der Waals surface area contributed by atoms with Gasteiger partial charge < -0.3 is 50.9 Å². The number of imidazole rings is 1. The maximum Gasteiger partial charge on any atom is 0.481 e. The molecule has 25 nitrogen and oxygen atoms in total. The number of anilines is 1. The standard InChI is InChI=1S/C25H40N7O18P3S/c1-13(33)8-16(35)54-7-6-27-15(34)4-5-28-23(38)20(37)25(2,3)10-47-53(44,45)50-52(42,43)46-9-14-19(49-51(39,40)41)18(36)24(48-14)32-12-31-17-21(26)29-11-30-22(17)32/h11-12,14,18-20,24,36-37H,4-10H2,1-3H3,(H,27,34)(H,28,38)(H,42,43)(H,44,45)(H2,26,29,30)(H2,39,40,41)/t14-,18?,19?,20+,24-/m0/s1. The van der Waals surface area contributed by atoms with Crippen LogP contribution in [0.1, 0.15) is 39.8 Å². The molecule has 0 spiro atoms. The van der Waals surface area contributed by atoms with Crippen molar-refractivity contribution >= 4 is 74.9 Å². The number of hydrogen-bond acceptors (Lipinski definition) is 19.